The molecule has 0 radical (unpaired) electrons. The van der Waals surface area contributed by atoms with Gasteiger partial charge in [-0.3, -0.25) is 10.1 Å². The van der Waals surface area contributed by atoms with Crippen LogP contribution in [0.3, 0.4) is 0 Å². The number of carbonyl (C=O) groups is 1. The molecule has 4 heteroatoms. The number of carbonyl (C=O) groups excluding carboxylic acids is 1. The van der Waals surface area contributed by atoms with Crippen molar-refractivity contribution in [3.63, 3.8) is 0 Å². The summed E-state index contributed by atoms with van der Waals surface area (Å²) in [6, 6.07) is 0.0116. The molecule has 0 saturated carbocycles. The molecule has 0 aliphatic carbocycles. The maximum absolute atomic E-state index is 11.4. The largest absolute Gasteiger partial charge is 0.390 e. The minimum absolute atomic E-state index is 0.0116. The van der Waals surface area contributed by atoms with Crippen molar-refractivity contribution in [2.45, 2.75) is 6.04 Å². The van der Waals surface area contributed by atoms with E-state index in [9.17, 15) is 4.79 Å². The first kappa shape index (κ1) is 7.76. The standard InChI is InChI=1S/C8H13N3O/c12-7-1-2-9-3-6-4-10-5-11-8(6)7/h1-2,6,8-11H,3-5H2. The highest BCUT2D eigenvalue weighted by molar-refractivity contribution is 5.94. The molecule has 2 aliphatic rings. The molecule has 66 valence electrons. The maximum atomic E-state index is 11.4. The number of rotatable bonds is 0. The van der Waals surface area contributed by atoms with E-state index >= 15 is 0 Å². The fraction of sp³-hybridized carbons (Fsp3) is 0.625. The van der Waals surface area contributed by atoms with E-state index < -0.39 is 0 Å². The average molecular weight is 167 g/mol. The molecule has 2 atom stereocenters. The van der Waals surface area contributed by atoms with Gasteiger partial charge in [0.25, 0.3) is 0 Å². The maximum Gasteiger partial charge on any atom is 0.174 e. The van der Waals surface area contributed by atoms with Crippen molar-refractivity contribution in [2.75, 3.05) is 19.8 Å². The second-order valence-electron chi connectivity index (χ2n) is 3.22. The summed E-state index contributed by atoms with van der Waals surface area (Å²) >= 11 is 0. The minimum Gasteiger partial charge on any atom is -0.390 e. The van der Waals surface area contributed by atoms with Crippen LogP contribution in [-0.4, -0.2) is 31.6 Å². The van der Waals surface area contributed by atoms with Gasteiger partial charge < -0.3 is 10.6 Å². The van der Waals surface area contributed by atoms with Crippen LogP contribution in [0.2, 0.25) is 0 Å². The Kier molecular flexibility index (Phi) is 2.10. The number of hydrogen-bond donors (Lipinski definition) is 3. The molecule has 0 aromatic heterocycles. The normalized spacial score (nSPS) is 35.2. The predicted octanol–water partition coefficient (Wildman–Crippen LogP) is -1.19. The second kappa shape index (κ2) is 3.25. The van der Waals surface area contributed by atoms with E-state index in [1.54, 1.807) is 12.3 Å². The van der Waals surface area contributed by atoms with E-state index in [1.165, 1.54) is 0 Å². The summed E-state index contributed by atoms with van der Waals surface area (Å²) in [5.41, 5.74) is 0. The Morgan fingerprint density at radius 2 is 2.33 bits per heavy atom. The van der Waals surface area contributed by atoms with Crippen LogP contribution in [0.4, 0.5) is 0 Å². The van der Waals surface area contributed by atoms with Crippen molar-refractivity contribution >= 4 is 5.78 Å². The first-order valence-electron chi connectivity index (χ1n) is 4.26. The average Bonchev–Trinajstić information content (AvgIpc) is 2.29. The lowest BCUT2D eigenvalue weighted by Crippen LogP contribution is -2.56. The molecular weight excluding hydrogens is 154 g/mol. The minimum atomic E-state index is 0.0116. The summed E-state index contributed by atoms with van der Waals surface area (Å²) in [6.07, 6.45) is 3.35. The second-order valence-corrected chi connectivity index (χ2v) is 3.22. The molecule has 0 amide bonds. The van der Waals surface area contributed by atoms with Gasteiger partial charge in [-0.15, -0.1) is 0 Å². The summed E-state index contributed by atoms with van der Waals surface area (Å²) in [5.74, 6) is 0.563. The van der Waals surface area contributed by atoms with E-state index in [-0.39, 0.29) is 11.8 Å². The lowest BCUT2D eigenvalue weighted by Gasteiger charge is -2.30. The molecule has 2 heterocycles. The zero-order valence-electron chi connectivity index (χ0n) is 6.84. The molecule has 12 heavy (non-hydrogen) atoms. The zero-order valence-corrected chi connectivity index (χ0v) is 6.84. The highest BCUT2D eigenvalue weighted by Crippen LogP contribution is 2.09. The van der Waals surface area contributed by atoms with Crippen LogP contribution in [0.1, 0.15) is 0 Å². The Morgan fingerprint density at radius 3 is 3.25 bits per heavy atom. The Balaban J connectivity index is 2.12. The lowest BCUT2D eigenvalue weighted by molar-refractivity contribution is -0.118. The van der Waals surface area contributed by atoms with Crippen LogP contribution in [-0.2, 0) is 4.79 Å². The van der Waals surface area contributed by atoms with Gasteiger partial charge in [-0.2, -0.15) is 0 Å². The summed E-state index contributed by atoms with van der Waals surface area (Å²) in [7, 11) is 0. The van der Waals surface area contributed by atoms with Gasteiger partial charge in [0.1, 0.15) is 0 Å². The molecule has 3 N–H and O–H groups in total. The van der Waals surface area contributed by atoms with Crippen LogP contribution in [0.15, 0.2) is 12.3 Å². The van der Waals surface area contributed by atoms with Gasteiger partial charge in [-0.05, 0) is 6.08 Å². The van der Waals surface area contributed by atoms with E-state index in [4.69, 9.17) is 0 Å². The number of nitrogens with one attached hydrogen (secondary N) is 3. The van der Waals surface area contributed by atoms with Crippen LogP contribution >= 0.6 is 0 Å². The Morgan fingerprint density at radius 1 is 1.42 bits per heavy atom. The van der Waals surface area contributed by atoms with Gasteiger partial charge in [0.05, 0.1) is 6.04 Å². The van der Waals surface area contributed by atoms with Crippen molar-refractivity contribution in [2.24, 2.45) is 5.92 Å². The van der Waals surface area contributed by atoms with Gasteiger partial charge in [0.15, 0.2) is 5.78 Å². The van der Waals surface area contributed by atoms with Gasteiger partial charge in [0, 0.05) is 31.9 Å². The molecule has 1 saturated heterocycles. The van der Waals surface area contributed by atoms with E-state index in [0.717, 1.165) is 19.8 Å². The SMILES string of the molecule is O=C1C=CNCC2CNCNC12. The smallest absolute Gasteiger partial charge is 0.174 e. The Labute approximate surface area is 71.4 Å². The van der Waals surface area contributed by atoms with Crippen LogP contribution in [0, 0.1) is 5.92 Å². The molecule has 2 unspecified atom stereocenters. The van der Waals surface area contributed by atoms with Gasteiger partial charge in [-0.1, -0.05) is 0 Å². The van der Waals surface area contributed by atoms with E-state index in [0.29, 0.717) is 5.92 Å². The third kappa shape index (κ3) is 1.35. The summed E-state index contributed by atoms with van der Waals surface area (Å²) in [4.78, 5) is 11.4. The number of hydrogen-bond acceptors (Lipinski definition) is 4. The van der Waals surface area contributed by atoms with Gasteiger partial charge in [-0.25, -0.2) is 0 Å². The molecule has 4 nitrogen and oxygen atoms in total. The molecule has 2 aliphatic heterocycles. The number of ketones is 1. The molecule has 0 aromatic carbocycles. The van der Waals surface area contributed by atoms with Crippen molar-refractivity contribution < 1.29 is 4.79 Å². The molecule has 2 rings (SSSR count). The fourth-order valence-corrected chi connectivity index (χ4v) is 1.71. The Hall–Kier alpha value is -0.870. The fourth-order valence-electron chi connectivity index (χ4n) is 1.71. The Bertz CT molecular complexity index is 214. The van der Waals surface area contributed by atoms with Crippen molar-refractivity contribution in [3.8, 4) is 0 Å². The van der Waals surface area contributed by atoms with Gasteiger partial charge >= 0.3 is 0 Å². The first-order valence-corrected chi connectivity index (χ1v) is 4.26. The molecule has 1 fully saturated rings. The third-order valence-corrected chi connectivity index (χ3v) is 2.38. The van der Waals surface area contributed by atoms with E-state index in [1.807, 2.05) is 0 Å². The topological polar surface area (TPSA) is 53.2 Å². The number of fused-ring (bicyclic) bond motifs is 1. The summed E-state index contributed by atoms with van der Waals surface area (Å²) in [6.45, 7) is 2.52. The highest BCUT2D eigenvalue weighted by Gasteiger charge is 2.29. The van der Waals surface area contributed by atoms with Crippen LogP contribution in [0.25, 0.3) is 0 Å². The lowest BCUT2D eigenvalue weighted by atomic mass is 9.95. The molecule has 0 spiro atoms. The van der Waals surface area contributed by atoms with Crippen molar-refractivity contribution in [1.29, 1.82) is 0 Å². The molecule has 0 aromatic rings. The van der Waals surface area contributed by atoms with Crippen molar-refractivity contribution in [3.05, 3.63) is 12.3 Å². The predicted molar refractivity (Wildman–Crippen MR) is 45.4 cm³/mol. The van der Waals surface area contributed by atoms with Crippen molar-refractivity contribution in [1.82, 2.24) is 16.0 Å². The van der Waals surface area contributed by atoms with Crippen LogP contribution < -0.4 is 16.0 Å². The molecule has 0 bridgehead atoms. The quantitative estimate of drug-likeness (QED) is 0.424. The first-order chi connectivity index (χ1) is 5.88. The highest BCUT2D eigenvalue weighted by atomic mass is 16.1. The van der Waals surface area contributed by atoms with E-state index in [2.05, 4.69) is 16.0 Å². The van der Waals surface area contributed by atoms with Crippen LogP contribution in [0.5, 0.6) is 0 Å². The summed E-state index contributed by atoms with van der Waals surface area (Å²) < 4.78 is 0. The monoisotopic (exact) mass is 167 g/mol. The summed E-state index contributed by atoms with van der Waals surface area (Å²) in [5, 5.41) is 9.46. The zero-order chi connectivity index (χ0) is 8.39. The van der Waals surface area contributed by atoms with Gasteiger partial charge in [0.2, 0.25) is 0 Å². The molecular formula is C8H13N3O. The third-order valence-electron chi connectivity index (χ3n) is 2.38.